The minimum atomic E-state index is -0.884. The molecule has 0 fully saturated rings. The number of nitrogens with one attached hydrogen (secondary N) is 1. The number of fused-ring (bicyclic) bond motifs is 1. The van der Waals surface area contributed by atoms with Crippen LogP contribution in [0.1, 0.15) is 13.3 Å². The Hall–Kier alpha value is -2.23. The molecule has 0 aliphatic heterocycles. The van der Waals surface area contributed by atoms with Crippen molar-refractivity contribution in [2.45, 2.75) is 31.1 Å². The van der Waals surface area contributed by atoms with Crippen molar-refractivity contribution in [2.24, 2.45) is 7.05 Å². The van der Waals surface area contributed by atoms with Gasteiger partial charge in [0.05, 0.1) is 6.54 Å². The molecule has 10 heteroatoms. The molecule has 0 spiro atoms. The first kappa shape index (κ1) is 20.5. The van der Waals surface area contributed by atoms with E-state index in [4.69, 9.17) is 16.3 Å². The molecule has 2 aromatic heterocycles. The number of H-pyrrole nitrogens is 1. The van der Waals surface area contributed by atoms with Gasteiger partial charge in [0.1, 0.15) is 18.5 Å². The number of hydrogen-bond acceptors (Lipinski definition) is 6. The Morgan fingerprint density at radius 1 is 1.32 bits per heavy atom. The van der Waals surface area contributed by atoms with Crippen LogP contribution in [-0.4, -0.2) is 42.7 Å². The van der Waals surface area contributed by atoms with Gasteiger partial charge in [0.15, 0.2) is 16.3 Å². The highest BCUT2D eigenvalue weighted by atomic mass is 35.5. The summed E-state index contributed by atoms with van der Waals surface area (Å²) in [6.07, 6.45) is 0.0384. The van der Waals surface area contributed by atoms with Gasteiger partial charge in [-0.1, -0.05) is 30.3 Å². The number of aliphatic hydroxyl groups excluding tert-OH is 1. The summed E-state index contributed by atoms with van der Waals surface area (Å²) in [4.78, 5) is 31.0. The van der Waals surface area contributed by atoms with Gasteiger partial charge in [0.2, 0.25) is 0 Å². The summed E-state index contributed by atoms with van der Waals surface area (Å²) in [5.41, 5.74) is -0.509. The lowest BCUT2D eigenvalue weighted by atomic mass is 10.3. The van der Waals surface area contributed by atoms with Crippen molar-refractivity contribution >= 4 is 34.5 Å². The fourth-order valence-electron chi connectivity index (χ4n) is 2.67. The van der Waals surface area contributed by atoms with Gasteiger partial charge < -0.3 is 14.4 Å². The second kappa shape index (κ2) is 8.85. The minimum Gasteiger partial charge on any atom is -0.491 e. The molecule has 150 valence electrons. The summed E-state index contributed by atoms with van der Waals surface area (Å²) in [6.45, 7) is 2.18. The van der Waals surface area contributed by atoms with Gasteiger partial charge in [0, 0.05) is 17.8 Å². The zero-order chi connectivity index (χ0) is 20.3. The van der Waals surface area contributed by atoms with E-state index >= 15 is 0 Å². The molecule has 1 atom stereocenters. The molecule has 0 aliphatic carbocycles. The van der Waals surface area contributed by atoms with Gasteiger partial charge in [-0.2, -0.15) is 0 Å². The first-order chi connectivity index (χ1) is 13.4. The van der Waals surface area contributed by atoms with Crippen LogP contribution in [0, 0.1) is 0 Å². The fourth-order valence-corrected chi connectivity index (χ4v) is 3.66. The molecule has 0 saturated heterocycles. The maximum Gasteiger partial charge on any atom is 0.329 e. The van der Waals surface area contributed by atoms with Gasteiger partial charge in [-0.3, -0.25) is 14.3 Å². The number of aromatic amines is 1. The van der Waals surface area contributed by atoms with E-state index in [9.17, 15) is 14.7 Å². The third kappa shape index (κ3) is 4.43. The van der Waals surface area contributed by atoms with E-state index < -0.39 is 17.4 Å². The molecule has 0 unspecified atom stereocenters. The average molecular weight is 425 g/mol. The Balaban J connectivity index is 1.87. The monoisotopic (exact) mass is 424 g/mol. The maximum absolute atomic E-state index is 12.4. The van der Waals surface area contributed by atoms with Crippen molar-refractivity contribution in [2.75, 3.05) is 12.4 Å². The third-order valence-corrected chi connectivity index (χ3v) is 5.49. The summed E-state index contributed by atoms with van der Waals surface area (Å²) < 4.78 is 8.52. The SMILES string of the molecule is CCCSc1nc2c(c(=O)[nH]c(=O)n2C)n1C[C@@H](O)COc1ccc(Cl)cc1. The molecule has 0 bridgehead atoms. The molecule has 0 radical (unpaired) electrons. The molecule has 28 heavy (non-hydrogen) atoms. The quantitative estimate of drug-likeness (QED) is 0.536. The van der Waals surface area contributed by atoms with Crippen LogP contribution in [0.5, 0.6) is 5.75 Å². The van der Waals surface area contributed by atoms with Crippen molar-refractivity contribution in [1.29, 1.82) is 0 Å². The lowest BCUT2D eigenvalue weighted by molar-refractivity contribution is 0.0914. The van der Waals surface area contributed by atoms with E-state index in [1.807, 2.05) is 6.92 Å². The third-order valence-electron chi connectivity index (χ3n) is 4.06. The van der Waals surface area contributed by atoms with Crippen LogP contribution >= 0.6 is 23.4 Å². The number of benzene rings is 1. The molecular weight excluding hydrogens is 404 g/mol. The molecule has 3 rings (SSSR count). The first-order valence-electron chi connectivity index (χ1n) is 8.79. The molecule has 0 saturated carbocycles. The lowest BCUT2D eigenvalue weighted by Crippen LogP contribution is -2.30. The number of ether oxygens (including phenoxy) is 1. The Labute approximate surface area is 170 Å². The molecule has 2 heterocycles. The molecule has 3 aromatic rings. The molecule has 1 aromatic carbocycles. The fraction of sp³-hybridized carbons (Fsp3) is 0.389. The Morgan fingerprint density at radius 2 is 2.04 bits per heavy atom. The minimum absolute atomic E-state index is 0.0306. The first-order valence-corrected chi connectivity index (χ1v) is 10.2. The standard InChI is InChI=1S/C18H21ClN4O4S/c1-3-8-28-18-20-15-14(16(25)21-17(26)22(15)2)23(18)9-12(24)10-27-13-6-4-11(19)5-7-13/h4-7,12,24H,3,8-10H2,1-2H3,(H,21,25,26)/t12-/m1/s1. The molecular formula is C18H21ClN4O4S. The van der Waals surface area contributed by atoms with Gasteiger partial charge >= 0.3 is 5.69 Å². The molecule has 0 aliphatic rings. The highest BCUT2D eigenvalue weighted by molar-refractivity contribution is 7.99. The van der Waals surface area contributed by atoms with Gasteiger partial charge in [-0.25, -0.2) is 9.78 Å². The number of imidazole rings is 1. The largest absolute Gasteiger partial charge is 0.491 e. The number of hydrogen-bond donors (Lipinski definition) is 2. The maximum atomic E-state index is 12.4. The van der Waals surface area contributed by atoms with Crippen molar-refractivity contribution in [3.05, 3.63) is 50.1 Å². The molecule has 2 N–H and O–H groups in total. The average Bonchev–Trinajstić information content (AvgIpc) is 3.03. The molecule has 0 amide bonds. The number of aryl methyl sites for hydroxylation is 1. The highest BCUT2D eigenvalue weighted by Crippen LogP contribution is 2.23. The summed E-state index contributed by atoms with van der Waals surface area (Å²) >= 11 is 7.32. The summed E-state index contributed by atoms with van der Waals surface area (Å²) in [6, 6.07) is 6.83. The van der Waals surface area contributed by atoms with E-state index in [0.717, 1.165) is 12.2 Å². The number of aliphatic hydroxyl groups is 1. The Bertz CT molecular complexity index is 1070. The van der Waals surface area contributed by atoms with Crippen LogP contribution in [0.2, 0.25) is 5.02 Å². The van der Waals surface area contributed by atoms with Crippen LogP contribution in [0.15, 0.2) is 39.0 Å². The van der Waals surface area contributed by atoms with Gasteiger partial charge in [0.25, 0.3) is 5.56 Å². The second-order valence-electron chi connectivity index (χ2n) is 6.26. The van der Waals surface area contributed by atoms with E-state index in [2.05, 4.69) is 9.97 Å². The second-order valence-corrected chi connectivity index (χ2v) is 7.76. The van der Waals surface area contributed by atoms with Crippen molar-refractivity contribution in [3.8, 4) is 5.75 Å². The van der Waals surface area contributed by atoms with Gasteiger partial charge in [-0.15, -0.1) is 0 Å². The van der Waals surface area contributed by atoms with Crippen molar-refractivity contribution in [1.82, 2.24) is 19.1 Å². The van der Waals surface area contributed by atoms with Crippen molar-refractivity contribution in [3.63, 3.8) is 0 Å². The number of rotatable bonds is 8. The van der Waals surface area contributed by atoms with Crippen LogP contribution in [-0.2, 0) is 13.6 Å². The highest BCUT2D eigenvalue weighted by Gasteiger charge is 2.20. The number of aromatic nitrogens is 4. The zero-order valence-corrected chi connectivity index (χ0v) is 17.1. The van der Waals surface area contributed by atoms with Crippen LogP contribution < -0.4 is 16.0 Å². The van der Waals surface area contributed by atoms with Crippen LogP contribution in [0.3, 0.4) is 0 Å². The van der Waals surface area contributed by atoms with E-state index in [1.54, 1.807) is 35.9 Å². The topological polar surface area (TPSA) is 102 Å². The van der Waals surface area contributed by atoms with E-state index in [-0.39, 0.29) is 24.3 Å². The molecule has 8 nitrogen and oxygen atoms in total. The normalized spacial score (nSPS) is 12.4. The number of thioether (sulfide) groups is 1. The van der Waals surface area contributed by atoms with E-state index in [0.29, 0.717) is 15.9 Å². The smallest absolute Gasteiger partial charge is 0.329 e. The van der Waals surface area contributed by atoms with Crippen molar-refractivity contribution < 1.29 is 9.84 Å². The van der Waals surface area contributed by atoms with Gasteiger partial charge in [-0.05, 0) is 30.7 Å². The summed E-state index contributed by atoms with van der Waals surface area (Å²) in [5.74, 6) is 1.38. The lowest BCUT2D eigenvalue weighted by Gasteiger charge is -2.15. The summed E-state index contributed by atoms with van der Waals surface area (Å²) in [5, 5.41) is 11.6. The Morgan fingerprint density at radius 3 is 2.71 bits per heavy atom. The van der Waals surface area contributed by atoms with Crippen LogP contribution in [0.4, 0.5) is 0 Å². The number of halogens is 1. The summed E-state index contributed by atoms with van der Waals surface area (Å²) in [7, 11) is 1.55. The predicted octanol–water partition coefficient (Wildman–Crippen LogP) is 2.02. The Kier molecular flexibility index (Phi) is 6.48. The zero-order valence-electron chi connectivity index (χ0n) is 15.5. The number of nitrogens with zero attached hydrogens (tertiary/aromatic N) is 3. The predicted molar refractivity (Wildman–Crippen MR) is 110 cm³/mol. The van der Waals surface area contributed by atoms with E-state index in [1.165, 1.54) is 16.3 Å². The van der Waals surface area contributed by atoms with Crippen LogP contribution in [0.25, 0.3) is 11.2 Å².